The standard InChI is InChI=1S/C15H20N2O4/c1-11-10-12(2-3-13(11)18)15(21)17-8-6-16(7-9-17)5-4-14(19)20/h2-3,10,18H,4-9H2,1H3,(H,19,20). The second-order valence-electron chi connectivity index (χ2n) is 5.28. The summed E-state index contributed by atoms with van der Waals surface area (Å²) in [7, 11) is 0. The monoisotopic (exact) mass is 292 g/mol. The molecule has 1 amide bonds. The third-order valence-electron chi connectivity index (χ3n) is 3.75. The van der Waals surface area contributed by atoms with Crippen LogP contribution in [0.1, 0.15) is 22.3 Å². The van der Waals surface area contributed by atoms with Crippen molar-refractivity contribution in [3.8, 4) is 5.75 Å². The number of phenolic OH excluding ortho intramolecular Hbond substituents is 1. The molecular formula is C15H20N2O4. The Morgan fingerprint density at radius 2 is 1.86 bits per heavy atom. The molecule has 6 heteroatoms. The topological polar surface area (TPSA) is 81.1 Å². The Labute approximate surface area is 123 Å². The van der Waals surface area contributed by atoms with Gasteiger partial charge in [0, 0.05) is 38.3 Å². The van der Waals surface area contributed by atoms with E-state index < -0.39 is 5.97 Å². The molecule has 0 aromatic heterocycles. The summed E-state index contributed by atoms with van der Waals surface area (Å²) in [4.78, 5) is 26.7. The molecule has 1 aliphatic heterocycles. The molecular weight excluding hydrogens is 272 g/mol. The molecule has 1 fully saturated rings. The van der Waals surface area contributed by atoms with Gasteiger partial charge in [0.25, 0.3) is 5.91 Å². The van der Waals surface area contributed by atoms with Gasteiger partial charge in [-0.2, -0.15) is 0 Å². The minimum atomic E-state index is -0.798. The third kappa shape index (κ3) is 3.95. The van der Waals surface area contributed by atoms with Gasteiger partial charge in [0.05, 0.1) is 6.42 Å². The van der Waals surface area contributed by atoms with Gasteiger partial charge >= 0.3 is 5.97 Å². The Morgan fingerprint density at radius 3 is 2.43 bits per heavy atom. The normalized spacial score (nSPS) is 16.0. The van der Waals surface area contributed by atoms with Crippen molar-refractivity contribution in [3.63, 3.8) is 0 Å². The molecule has 6 nitrogen and oxygen atoms in total. The maximum absolute atomic E-state index is 12.4. The highest BCUT2D eigenvalue weighted by molar-refractivity contribution is 5.94. The maximum atomic E-state index is 12.4. The van der Waals surface area contributed by atoms with Crippen LogP contribution in [0, 0.1) is 6.92 Å². The Bertz CT molecular complexity index is 536. The van der Waals surface area contributed by atoms with Crippen LogP contribution in [0.3, 0.4) is 0 Å². The minimum Gasteiger partial charge on any atom is -0.508 e. The van der Waals surface area contributed by atoms with Crippen LogP contribution in [0.2, 0.25) is 0 Å². The molecule has 0 radical (unpaired) electrons. The molecule has 1 heterocycles. The number of hydrogen-bond acceptors (Lipinski definition) is 4. The van der Waals surface area contributed by atoms with Crippen molar-refractivity contribution in [2.45, 2.75) is 13.3 Å². The molecule has 0 saturated carbocycles. The van der Waals surface area contributed by atoms with E-state index in [1.807, 2.05) is 0 Å². The number of carbonyl (C=O) groups is 2. The zero-order valence-electron chi connectivity index (χ0n) is 12.1. The van der Waals surface area contributed by atoms with Gasteiger partial charge in [-0.05, 0) is 30.7 Å². The Kier molecular flexibility index (Phi) is 4.80. The fourth-order valence-electron chi connectivity index (χ4n) is 2.40. The number of rotatable bonds is 4. The number of piperazine rings is 1. The molecule has 0 bridgehead atoms. The van der Waals surface area contributed by atoms with E-state index in [9.17, 15) is 14.7 Å². The number of hydrogen-bond donors (Lipinski definition) is 2. The first kappa shape index (κ1) is 15.3. The van der Waals surface area contributed by atoms with Gasteiger partial charge in [-0.3, -0.25) is 14.5 Å². The molecule has 114 valence electrons. The molecule has 21 heavy (non-hydrogen) atoms. The lowest BCUT2D eigenvalue weighted by molar-refractivity contribution is -0.137. The van der Waals surface area contributed by atoms with Crippen LogP contribution in [-0.4, -0.2) is 64.6 Å². The third-order valence-corrected chi connectivity index (χ3v) is 3.75. The van der Waals surface area contributed by atoms with Crippen molar-refractivity contribution in [1.82, 2.24) is 9.80 Å². The van der Waals surface area contributed by atoms with Crippen molar-refractivity contribution in [2.75, 3.05) is 32.7 Å². The van der Waals surface area contributed by atoms with E-state index in [0.717, 1.165) is 0 Å². The van der Waals surface area contributed by atoms with Crippen LogP contribution < -0.4 is 0 Å². The Hall–Kier alpha value is -2.08. The number of benzene rings is 1. The van der Waals surface area contributed by atoms with Crippen molar-refractivity contribution in [2.24, 2.45) is 0 Å². The number of carboxylic acid groups (broad SMARTS) is 1. The number of carboxylic acids is 1. The maximum Gasteiger partial charge on any atom is 0.304 e. The molecule has 1 aromatic rings. The molecule has 0 aliphatic carbocycles. The molecule has 1 aliphatic rings. The highest BCUT2D eigenvalue weighted by atomic mass is 16.4. The zero-order chi connectivity index (χ0) is 15.4. The minimum absolute atomic E-state index is 0.0454. The Balaban J connectivity index is 1.90. The number of aromatic hydroxyl groups is 1. The average molecular weight is 292 g/mol. The molecule has 2 rings (SSSR count). The van der Waals surface area contributed by atoms with Crippen LogP contribution in [0.4, 0.5) is 0 Å². The van der Waals surface area contributed by atoms with Crippen LogP contribution in [0.25, 0.3) is 0 Å². The zero-order valence-corrected chi connectivity index (χ0v) is 12.1. The van der Waals surface area contributed by atoms with Gasteiger partial charge in [0.15, 0.2) is 0 Å². The SMILES string of the molecule is Cc1cc(C(=O)N2CCN(CCC(=O)O)CC2)ccc1O. The van der Waals surface area contributed by atoms with E-state index in [-0.39, 0.29) is 18.1 Å². The van der Waals surface area contributed by atoms with E-state index in [4.69, 9.17) is 5.11 Å². The van der Waals surface area contributed by atoms with Gasteiger partial charge in [-0.1, -0.05) is 0 Å². The van der Waals surface area contributed by atoms with Crippen LogP contribution in [0.5, 0.6) is 5.75 Å². The predicted octanol–water partition coefficient (Wildman–Crippen LogP) is 0.933. The predicted molar refractivity (Wildman–Crippen MR) is 77.4 cm³/mol. The fraction of sp³-hybridized carbons (Fsp3) is 0.467. The number of aliphatic carboxylic acids is 1. The summed E-state index contributed by atoms with van der Waals surface area (Å²) in [6.07, 6.45) is 0.130. The summed E-state index contributed by atoms with van der Waals surface area (Å²) in [5, 5.41) is 18.2. The van der Waals surface area contributed by atoms with Crippen molar-refractivity contribution >= 4 is 11.9 Å². The van der Waals surface area contributed by atoms with Gasteiger partial charge in [0.2, 0.25) is 0 Å². The van der Waals surface area contributed by atoms with E-state index >= 15 is 0 Å². The lowest BCUT2D eigenvalue weighted by atomic mass is 10.1. The highest BCUT2D eigenvalue weighted by Crippen LogP contribution is 2.18. The van der Waals surface area contributed by atoms with Crippen molar-refractivity contribution < 1.29 is 19.8 Å². The molecule has 1 saturated heterocycles. The number of amides is 1. The summed E-state index contributed by atoms with van der Waals surface area (Å²) in [6.45, 7) is 4.86. The lowest BCUT2D eigenvalue weighted by Gasteiger charge is -2.34. The van der Waals surface area contributed by atoms with E-state index in [0.29, 0.717) is 43.9 Å². The van der Waals surface area contributed by atoms with Crippen LogP contribution >= 0.6 is 0 Å². The van der Waals surface area contributed by atoms with E-state index in [1.165, 1.54) is 6.07 Å². The van der Waals surface area contributed by atoms with Gasteiger partial charge in [-0.15, -0.1) is 0 Å². The molecule has 0 spiro atoms. The van der Waals surface area contributed by atoms with E-state index in [2.05, 4.69) is 4.90 Å². The van der Waals surface area contributed by atoms with Crippen molar-refractivity contribution in [1.29, 1.82) is 0 Å². The summed E-state index contributed by atoms with van der Waals surface area (Å²) in [6, 6.07) is 4.85. The number of nitrogens with zero attached hydrogens (tertiary/aromatic N) is 2. The van der Waals surface area contributed by atoms with Crippen LogP contribution in [-0.2, 0) is 4.79 Å². The Morgan fingerprint density at radius 1 is 1.19 bits per heavy atom. The van der Waals surface area contributed by atoms with Crippen molar-refractivity contribution in [3.05, 3.63) is 29.3 Å². The van der Waals surface area contributed by atoms with Gasteiger partial charge < -0.3 is 15.1 Å². The largest absolute Gasteiger partial charge is 0.508 e. The number of carbonyl (C=O) groups excluding carboxylic acids is 1. The van der Waals surface area contributed by atoms with E-state index in [1.54, 1.807) is 24.0 Å². The first-order chi connectivity index (χ1) is 9.97. The number of aryl methyl sites for hydroxylation is 1. The van der Waals surface area contributed by atoms with Crippen LogP contribution in [0.15, 0.2) is 18.2 Å². The van der Waals surface area contributed by atoms with Gasteiger partial charge in [-0.25, -0.2) is 0 Å². The fourth-order valence-corrected chi connectivity index (χ4v) is 2.40. The summed E-state index contributed by atoms with van der Waals surface area (Å²) in [5.41, 5.74) is 1.25. The smallest absolute Gasteiger partial charge is 0.304 e. The second-order valence-corrected chi connectivity index (χ2v) is 5.28. The van der Waals surface area contributed by atoms with Gasteiger partial charge in [0.1, 0.15) is 5.75 Å². The molecule has 1 aromatic carbocycles. The average Bonchev–Trinajstić information content (AvgIpc) is 2.48. The summed E-state index contributed by atoms with van der Waals surface area (Å²) in [5.74, 6) is -0.658. The summed E-state index contributed by atoms with van der Waals surface area (Å²) < 4.78 is 0. The first-order valence-corrected chi connectivity index (χ1v) is 7.00. The molecule has 0 atom stereocenters. The summed E-state index contributed by atoms with van der Waals surface area (Å²) >= 11 is 0. The highest BCUT2D eigenvalue weighted by Gasteiger charge is 2.22. The first-order valence-electron chi connectivity index (χ1n) is 7.00. The lowest BCUT2D eigenvalue weighted by Crippen LogP contribution is -2.49. The molecule has 0 unspecified atom stereocenters. The molecule has 2 N–H and O–H groups in total. The second kappa shape index (κ2) is 6.58. The number of phenols is 1. The quantitative estimate of drug-likeness (QED) is 0.863.